The van der Waals surface area contributed by atoms with Crippen LogP contribution in [0.4, 0.5) is 4.39 Å². The van der Waals surface area contributed by atoms with Crippen molar-refractivity contribution in [1.29, 1.82) is 0 Å². The maximum absolute atomic E-state index is 13.6. The molecule has 2 aliphatic heterocycles. The Hall–Kier alpha value is -1.03. The summed E-state index contributed by atoms with van der Waals surface area (Å²) in [5.41, 5.74) is 1.99. The number of rotatable bonds is 5. The van der Waals surface area contributed by atoms with Crippen LogP contribution in [0.3, 0.4) is 0 Å². The highest BCUT2D eigenvalue weighted by Gasteiger charge is 2.51. The number of aromatic nitrogens is 2. The zero-order chi connectivity index (χ0) is 21.0. The van der Waals surface area contributed by atoms with Crippen LogP contribution in [0.2, 0.25) is 23.3 Å². The van der Waals surface area contributed by atoms with Gasteiger partial charge in [0.15, 0.2) is 19.3 Å². The predicted octanol–water partition coefficient (Wildman–Crippen LogP) is 4.43. The largest absolute Gasteiger partial charge is 0.409 e. The summed E-state index contributed by atoms with van der Waals surface area (Å²) in [7, 11) is -1.91. The highest BCUT2D eigenvalue weighted by Crippen LogP contribution is 2.40. The quantitative estimate of drug-likeness (QED) is 0.548. The highest BCUT2D eigenvalue weighted by molar-refractivity contribution is 6.74. The summed E-state index contributed by atoms with van der Waals surface area (Å²) in [6.45, 7) is 12.5. The predicted molar refractivity (Wildman–Crippen MR) is 111 cm³/mol. The van der Waals surface area contributed by atoms with Crippen LogP contribution in [-0.2, 0) is 25.2 Å². The number of H-pyrrole nitrogens is 1. The van der Waals surface area contributed by atoms with Crippen molar-refractivity contribution in [1.82, 2.24) is 9.97 Å². The van der Waals surface area contributed by atoms with Crippen molar-refractivity contribution in [3.8, 4) is 0 Å². The first kappa shape index (κ1) is 21.2. The summed E-state index contributed by atoms with van der Waals surface area (Å²) >= 11 is 5.75. The van der Waals surface area contributed by atoms with Crippen molar-refractivity contribution in [2.24, 2.45) is 0 Å². The molecular formula is C20H28ClFN2O4Si. The average molecular weight is 443 g/mol. The molecule has 29 heavy (non-hydrogen) atoms. The van der Waals surface area contributed by atoms with E-state index in [-0.39, 0.29) is 34.6 Å². The van der Waals surface area contributed by atoms with Crippen molar-refractivity contribution in [2.75, 3.05) is 13.2 Å². The van der Waals surface area contributed by atoms with E-state index < -0.39 is 14.1 Å². The Kier molecular flexibility index (Phi) is 5.55. The minimum Gasteiger partial charge on any atom is -0.409 e. The van der Waals surface area contributed by atoms with E-state index in [9.17, 15) is 4.39 Å². The summed E-state index contributed by atoms with van der Waals surface area (Å²) in [4.78, 5) is 7.15. The van der Waals surface area contributed by atoms with E-state index in [1.54, 1.807) is 0 Å². The van der Waals surface area contributed by atoms with Crippen LogP contribution in [-0.4, -0.2) is 55.9 Å². The third-order valence-corrected chi connectivity index (χ3v) is 11.0. The van der Waals surface area contributed by atoms with E-state index in [2.05, 4.69) is 43.8 Å². The Labute approximate surface area is 176 Å². The molecule has 4 rings (SSSR count). The lowest BCUT2D eigenvalue weighted by molar-refractivity contribution is -0.0439. The molecule has 0 bridgehead atoms. The van der Waals surface area contributed by atoms with Gasteiger partial charge in [-0.1, -0.05) is 32.4 Å². The molecule has 0 spiro atoms. The van der Waals surface area contributed by atoms with Crippen molar-refractivity contribution in [3.63, 3.8) is 0 Å². The van der Waals surface area contributed by atoms with E-state index >= 15 is 0 Å². The van der Waals surface area contributed by atoms with Gasteiger partial charge in [0.2, 0.25) is 0 Å². The van der Waals surface area contributed by atoms with Crippen molar-refractivity contribution >= 4 is 31.0 Å². The van der Waals surface area contributed by atoms with Crippen molar-refractivity contribution < 1.29 is 23.0 Å². The van der Waals surface area contributed by atoms with Crippen LogP contribution < -0.4 is 0 Å². The number of halogens is 2. The molecule has 2 fully saturated rings. The van der Waals surface area contributed by atoms with E-state index in [0.717, 1.165) is 5.69 Å². The maximum Gasteiger partial charge on any atom is 0.192 e. The summed E-state index contributed by atoms with van der Waals surface area (Å²) in [6.07, 6.45) is -0.477. The van der Waals surface area contributed by atoms with Crippen LogP contribution >= 0.6 is 11.6 Å². The van der Waals surface area contributed by atoms with Gasteiger partial charge in [-0.3, -0.25) is 0 Å². The molecule has 1 N–H and O–H groups in total. The maximum atomic E-state index is 13.6. The number of pyridine rings is 1. The zero-order valence-electron chi connectivity index (χ0n) is 17.4. The summed E-state index contributed by atoms with van der Waals surface area (Å²) in [5, 5.41) is -0.00541. The fraction of sp³-hybridized carbons (Fsp3) is 0.650. The SMILES string of the molecule is CC(C)(C)[Si](C)(C)O[C@@H]1CO[C@H]2[C@@H]1OC[C@H]2OCc1cc2nc(Cl)c(F)cc2[nH]1. The van der Waals surface area contributed by atoms with Gasteiger partial charge in [0.1, 0.15) is 18.3 Å². The molecule has 2 saturated heterocycles. The lowest BCUT2D eigenvalue weighted by Gasteiger charge is -2.39. The van der Waals surface area contributed by atoms with Crippen molar-refractivity contribution in [2.45, 2.75) is 69.9 Å². The first-order valence-electron chi connectivity index (χ1n) is 9.91. The third kappa shape index (κ3) is 4.11. The molecule has 2 aromatic rings. The molecule has 2 aromatic heterocycles. The molecule has 160 valence electrons. The first-order chi connectivity index (χ1) is 13.5. The van der Waals surface area contributed by atoms with Crippen LogP contribution in [0.1, 0.15) is 26.5 Å². The Morgan fingerprint density at radius 1 is 1.21 bits per heavy atom. The van der Waals surface area contributed by atoms with Gasteiger partial charge >= 0.3 is 0 Å². The lowest BCUT2D eigenvalue weighted by atomic mass is 10.1. The van der Waals surface area contributed by atoms with Gasteiger partial charge in [-0.05, 0) is 24.2 Å². The molecule has 0 saturated carbocycles. The normalized spacial score (nSPS) is 27.7. The second-order valence-corrected chi connectivity index (χ2v) is 14.5. The monoisotopic (exact) mass is 442 g/mol. The van der Waals surface area contributed by atoms with Crippen LogP contribution in [0.15, 0.2) is 12.1 Å². The minimum atomic E-state index is -1.91. The molecular weight excluding hydrogens is 415 g/mol. The van der Waals surface area contributed by atoms with E-state index in [1.807, 2.05) is 6.07 Å². The van der Waals surface area contributed by atoms with Gasteiger partial charge in [0.25, 0.3) is 0 Å². The summed E-state index contributed by atoms with van der Waals surface area (Å²) < 4.78 is 38.2. The van der Waals surface area contributed by atoms with E-state index in [0.29, 0.717) is 30.9 Å². The molecule has 2 aliphatic rings. The van der Waals surface area contributed by atoms with E-state index in [4.69, 9.17) is 30.2 Å². The Bertz CT molecular complexity index is 861. The summed E-state index contributed by atoms with van der Waals surface area (Å²) in [5.74, 6) is -0.548. The van der Waals surface area contributed by atoms with Gasteiger partial charge in [0.05, 0.1) is 37.0 Å². The molecule has 4 atom stereocenters. The number of hydrogen-bond acceptors (Lipinski definition) is 5. The van der Waals surface area contributed by atoms with Crippen LogP contribution in [0, 0.1) is 5.82 Å². The standard InChI is InChI=1S/C20H28ClFN2O4Si/c1-20(2,3)29(4,5)28-16-10-27-17-15(9-26-18(16)17)25-8-11-6-13-14(23-11)7-12(22)19(21)24-13/h6-7,15-18,23H,8-10H2,1-5H3/t15-,16-,17-,18-/m1/s1. The average Bonchev–Trinajstić information content (AvgIpc) is 3.29. The minimum absolute atomic E-state index is 0.0584. The van der Waals surface area contributed by atoms with Crippen LogP contribution in [0.25, 0.3) is 11.0 Å². The highest BCUT2D eigenvalue weighted by atomic mass is 35.5. The molecule has 6 nitrogen and oxygen atoms in total. The molecule has 0 aromatic carbocycles. The Morgan fingerprint density at radius 3 is 2.55 bits per heavy atom. The van der Waals surface area contributed by atoms with E-state index in [1.165, 1.54) is 6.07 Å². The number of nitrogens with one attached hydrogen (secondary N) is 1. The van der Waals surface area contributed by atoms with Gasteiger partial charge in [-0.25, -0.2) is 9.37 Å². The fourth-order valence-electron chi connectivity index (χ4n) is 3.57. The number of aromatic amines is 1. The van der Waals surface area contributed by atoms with Gasteiger partial charge in [-0.2, -0.15) is 0 Å². The molecule has 4 heterocycles. The topological polar surface area (TPSA) is 65.6 Å². The number of nitrogens with zero attached hydrogens (tertiary/aromatic N) is 1. The van der Waals surface area contributed by atoms with Gasteiger partial charge in [-0.15, -0.1) is 0 Å². The Morgan fingerprint density at radius 2 is 1.86 bits per heavy atom. The zero-order valence-corrected chi connectivity index (χ0v) is 19.2. The van der Waals surface area contributed by atoms with Crippen LogP contribution in [0.5, 0.6) is 0 Å². The number of fused-ring (bicyclic) bond motifs is 2. The lowest BCUT2D eigenvalue weighted by Crippen LogP contribution is -2.47. The second kappa shape index (κ2) is 7.58. The Balaban J connectivity index is 1.37. The first-order valence-corrected chi connectivity index (χ1v) is 13.2. The summed E-state index contributed by atoms with van der Waals surface area (Å²) in [6, 6.07) is 3.15. The van der Waals surface area contributed by atoms with Crippen molar-refractivity contribution in [3.05, 3.63) is 28.8 Å². The number of ether oxygens (including phenoxy) is 3. The van der Waals surface area contributed by atoms with Gasteiger partial charge < -0.3 is 23.6 Å². The third-order valence-electron chi connectivity index (χ3n) is 6.24. The van der Waals surface area contributed by atoms with Gasteiger partial charge in [0, 0.05) is 11.8 Å². The second-order valence-electron chi connectivity index (χ2n) is 9.35. The molecule has 0 unspecified atom stereocenters. The molecule has 0 amide bonds. The smallest absolute Gasteiger partial charge is 0.192 e. The fourth-order valence-corrected chi connectivity index (χ4v) is 5.02. The molecule has 0 aliphatic carbocycles. The molecule has 0 radical (unpaired) electrons. The molecule has 9 heteroatoms. The number of hydrogen-bond donors (Lipinski definition) is 1.